The lowest BCUT2D eigenvalue weighted by Crippen LogP contribution is -2.38. The van der Waals surface area contributed by atoms with Gasteiger partial charge in [-0.2, -0.15) is 4.89 Å². The van der Waals surface area contributed by atoms with Gasteiger partial charge in [0, 0.05) is 55.2 Å². The van der Waals surface area contributed by atoms with Crippen LogP contribution >= 0.6 is 0 Å². The maximum absolute atomic E-state index is 13.6. The molecule has 0 saturated carbocycles. The minimum absolute atomic E-state index is 0.168. The van der Waals surface area contributed by atoms with Crippen LogP contribution in [0, 0.1) is 36.2 Å². The molecule has 1 aliphatic rings. The van der Waals surface area contributed by atoms with Gasteiger partial charge in [-0.3, -0.25) is 9.59 Å². The molecule has 372 valence electrons. The summed E-state index contributed by atoms with van der Waals surface area (Å²) in [4.78, 5) is 65.3. The molecule has 0 unspecified atom stereocenters. The topological polar surface area (TPSA) is 167 Å². The monoisotopic (exact) mass is 970 g/mol. The number of rotatable bonds is 18. The van der Waals surface area contributed by atoms with Crippen LogP contribution in [-0.4, -0.2) is 126 Å². The van der Waals surface area contributed by atoms with Crippen molar-refractivity contribution in [3.8, 4) is 59.2 Å². The van der Waals surface area contributed by atoms with E-state index in [9.17, 15) is 19.2 Å². The van der Waals surface area contributed by atoms with Crippen molar-refractivity contribution in [2.24, 2.45) is 0 Å². The lowest BCUT2D eigenvalue weighted by Gasteiger charge is -2.24. The van der Waals surface area contributed by atoms with Crippen molar-refractivity contribution in [3.63, 3.8) is 0 Å². The number of benzene rings is 4. The maximum atomic E-state index is 13.6. The van der Waals surface area contributed by atoms with E-state index < -0.39 is 11.9 Å². The van der Waals surface area contributed by atoms with Crippen LogP contribution in [0.15, 0.2) is 110 Å². The highest BCUT2D eigenvalue weighted by atomic mass is 17.2. The number of esters is 2. The third-order valence-electron chi connectivity index (χ3n) is 10.3. The van der Waals surface area contributed by atoms with Gasteiger partial charge in [-0.05, 0) is 128 Å². The summed E-state index contributed by atoms with van der Waals surface area (Å²) in [5.41, 5.74) is 2.05. The lowest BCUT2D eigenvalue weighted by atomic mass is 10.2. The molecule has 16 nitrogen and oxygen atoms in total. The summed E-state index contributed by atoms with van der Waals surface area (Å²) in [7, 11) is 0. The van der Waals surface area contributed by atoms with Gasteiger partial charge in [-0.25, -0.2) is 9.59 Å². The summed E-state index contributed by atoms with van der Waals surface area (Å²) < 4.78 is 44.9. The van der Waals surface area contributed by atoms with Gasteiger partial charge < -0.3 is 52.6 Å². The van der Waals surface area contributed by atoms with Crippen LogP contribution in [0.3, 0.4) is 0 Å². The Labute approximate surface area is 414 Å². The Morgan fingerprint density at radius 1 is 0.563 bits per heavy atom. The first-order valence-electron chi connectivity index (χ1n) is 23.2. The van der Waals surface area contributed by atoms with Gasteiger partial charge in [0.15, 0.2) is 5.75 Å². The number of nitrogens with zero attached hydrogens (tertiary/aromatic N) is 2. The van der Waals surface area contributed by atoms with Crippen LogP contribution in [0.4, 0.5) is 0 Å². The number of amides is 2. The number of hydrogen-bond donors (Lipinski definition) is 0. The summed E-state index contributed by atoms with van der Waals surface area (Å²) in [6.45, 7) is 7.88. The minimum Gasteiger partial charge on any atom is -0.494 e. The number of carbonyl (C=O) groups excluding carboxylic acids is 4. The van der Waals surface area contributed by atoms with Gasteiger partial charge in [0.1, 0.15) is 30.0 Å². The Morgan fingerprint density at radius 3 is 1.59 bits per heavy atom. The summed E-state index contributed by atoms with van der Waals surface area (Å²) >= 11 is 0. The van der Waals surface area contributed by atoms with Crippen molar-refractivity contribution in [1.82, 2.24) is 9.80 Å². The lowest BCUT2D eigenvalue weighted by molar-refractivity contribution is -0.217. The van der Waals surface area contributed by atoms with Gasteiger partial charge in [0.2, 0.25) is 0 Å². The Hall–Kier alpha value is -7.62. The van der Waals surface area contributed by atoms with Gasteiger partial charge in [-0.15, -0.1) is 6.42 Å². The molecule has 1 aliphatic heterocycles. The average Bonchev–Trinajstić information content (AvgIpc) is 3.39. The zero-order valence-corrected chi connectivity index (χ0v) is 39.6. The van der Waals surface area contributed by atoms with Crippen LogP contribution in [-0.2, 0) is 40.0 Å². The summed E-state index contributed by atoms with van der Waals surface area (Å²) in [6, 6.07) is 26.8. The Balaban J connectivity index is 0.997. The molecule has 0 bridgehead atoms. The zero-order valence-electron chi connectivity index (χ0n) is 39.6. The molecule has 71 heavy (non-hydrogen) atoms. The van der Waals surface area contributed by atoms with Crippen LogP contribution in [0.25, 0.3) is 0 Å². The predicted molar refractivity (Wildman–Crippen MR) is 261 cm³/mol. The predicted octanol–water partition coefficient (Wildman–Crippen LogP) is 6.73. The average molecular weight is 971 g/mol. The quantitative estimate of drug-likeness (QED) is 0.0196. The first-order valence-corrected chi connectivity index (χ1v) is 23.2. The molecule has 4 aromatic rings. The van der Waals surface area contributed by atoms with Gasteiger partial charge >= 0.3 is 11.9 Å². The molecule has 0 aliphatic carbocycles. The third-order valence-corrected chi connectivity index (χ3v) is 10.3. The Morgan fingerprint density at radius 2 is 1.06 bits per heavy atom. The van der Waals surface area contributed by atoms with E-state index in [2.05, 4.69) is 36.4 Å². The van der Waals surface area contributed by atoms with Crippen LogP contribution in [0.5, 0.6) is 23.0 Å². The van der Waals surface area contributed by atoms with E-state index in [0.717, 1.165) is 37.3 Å². The summed E-state index contributed by atoms with van der Waals surface area (Å²) in [5, 5.41) is 0. The normalized spacial score (nSPS) is 13.7. The standard InChI is InChI=1S/C55H58N2O14/c1-3-5-6-9-32-66-48-20-12-44(13-21-48)43-69-71-51-26-16-46(17-27-51)54(60)57-30-37-64-41-39-62-35-28-56(29-36-63-40-42-65-38-31-57)53(59)45-14-24-50(25-15-45)70-55(61)47-18-22-49(23-19-47)67-33-10-7-8-11-34-68-52(58)4-2/h1,4,12-27H,2,7-8,10-11,28-31,33-43H2. The van der Waals surface area contributed by atoms with Crippen molar-refractivity contribution in [1.29, 1.82) is 0 Å². The second-order valence-electron chi connectivity index (χ2n) is 15.3. The maximum Gasteiger partial charge on any atom is 0.343 e. The highest BCUT2D eigenvalue weighted by molar-refractivity contribution is 5.95. The first kappa shape index (κ1) is 54.3. The Bertz CT molecular complexity index is 2430. The van der Waals surface area contributed by atoms with E-state index in [0.29, 0.717) is 73.3 Å². The number of unbranched alkanes of at least 4 members (excludes halogenated alkanes) is 3. The van der Waals surface area contributed by atoms with E-state index in [1.54, 1.807) is 94.7 Å². The van der Waals surface area contributed by atoms with Crippen LogP contribution < -0.4 is 19.1 Å². The second kappa shape index (κ2) is 32.2. The molecule has 0 radical (unpaired) electrons. The van der Waals surface area contributed by atoms with E-state index in [1.165, 1.54) is 0 Å². The molecule has 5 rings (SSSR count). The van der Waals surface area contributed by atoms with Crippen molar-refractivity contribution in [2.75, 3.05) is 92.2 Å². The fraction of sp³-hybridized carbons (Fsp3) is 0.345. The van der Waals surface area contributed by atoms with Crippen molar-refractivity contribution >= 4 is 23.8 Å². The largest absolute Gasteiger partial charge is 0.494 e. The molecule has 0 N–H and O–H groups in total. The minimum atomic E-state index is -0.547. The van der Waals surface area contributed by atoms with E-state index >= 15 is 0 Å². The number of carbonyl (C=O) groups is 4. The molecule has 2 amide bonds. The van der Waals surface area contributed by atoms with E-state index in [4.69, 9.17) is 54.1 Å². The molecule has 1 saturated heterocycles. The number of hydrogen-bond acceptors (Lipinski definition) is 14. The molecular weight excluding hydrogens is 913 g/mol. The highest BCUT2D eigenvalue weighted by Gasteiger charge is 2.19. The highest BCUT2D eigenvalue weighted by Crippen LogP contribution is 2.20. The summed E-state index contributed by atoms with van der Waals surface area (Å²) in [5.74, 6) is 9.99. The molecular formula is C55H58N2O14. The molecule has 4 aromatic carbocycles. The smallest absolute Gasteiger partial charge is 0.343 e. The number of terminal acetylenes is 1. The van der Waals surface area contributed by atoms with Crippen molar-refractivity contribution in [2.45, 2.75) is 32.3 Å². The van der Waals surface area contributed by atoms with Gasteiger partial charge in [0.25, 0.3) is 11.8 Å². The van der Waals surface area contributed by atoms with Crippen molar-refractivity contribution < 1.29 is 66.8 Å². The van der Waals surface area contributed by atoms with Crippen molar-refractivity contribution in [3.05, 3.63) is 132 Å². The molecule has 0 atom stereocenters. The fourth-order valence-corrected chi connectivity index (χ4v) is 6.49. The summed E-state index contributed by atoms with van der Waals surface area (Å²) in [6.07, 6.45) is 12.1. The Kier molecular flexibility index (Phi) is 24.7. The zero-order chi connectivity index (χ0) is 50.1. The first-order chi connectivity index (χ1) is 34.8. The third kappa shape index (κ3) is 20.9. The molecule has 16 heteroatoms. The van der Waals surface area contributed by atoms with Gasteiger partial charge in [0.05, 0.1) is 71.6 Å². The second-order valence-corrected chi connectivity index (χ2v) is 15.3. The molecule has 1 heterocycles. The van der Waals surface area contributed by atoms with Crippen LogP contribution in [0.1, 0.15) is 62.3 Å². The van der Waals surface area contributed by atoms with Crippen LogP contribution in [0.2, 0.25) is 0 Å². The number of ether oxygens (including phenoxy) is 8. The molecule has 1 fully saturated rings. The van der Waals surface area contributed by atoms with Gasteiger partial charge in [-0.1, -0.05) is 18.7 Å². The molecule has 0 spiro atoms. The SMILES string of the molecule is C#CC#CC#COc1ccc(COOc2ccc(C(=O)N3CCOCCOCCN(C(=O)c4ccc(OC(=O)c5ccc(OCCCCCCOC(=O)C=C)cc5)cc4)CCOCCOCC3)cc2)cc1. The fourth-order valence-electron chi connectivity index (χ4n) is 6.49. The van der Waals surface area contributed by atoms with E-state index in [-0.39, 0.29) is 77.0 Å². The van der Waals surface area contributed by atoms with E-state index in [1.807, 2.05) is 12.1 Å². The molecule has 0 aromatic heterocycles.